The van der Waals surface area contributed by atoms with Crippen LogP contribution in [0, 0.1) is 11.8 Å². The summed E-state index contributed by atoms with van der Waals surface area (Å²) in [5, 5.41) is 7.05. The molecule has 1 aromatic heterocycles. The summed E-state index contributed by atoms with van der Waals surface area (Å²) in [6, 6.07) is 14.6. The zero-order chi connectivity index (χ0) is 21.6. The van der Waals surface area contributed by atoms with E-state index >= 15 is 0 Å². The fraction of sp³-hybridized carbons (Fsp3) is 0.0909. The molecule has 3 rings (SSSR count). The third kappa shape index (κ3) is 5.49. The van der Waals surface area contributed by atoms with E-state index in [4.69, 9.17) is 0 Å². The zero-order valence-electron chi connectivity index (χ0n) is 15.4. The molecule has 0 fully saturated rings. The van der Waals surface area contributed by atoms with E-state index in [1.54, 1.807) is 41.8 Å². The molecule has 2 N–H and O–H groups in total. The van der Waals surface area contributed by atoms with Gasteiger partial charge in [-0.05, 0) is 41.8 Å². The third-order valence-corrected chi connectivity index (χ3v) is 4.79. The van der Waals surface area contributed by atoms with Crippen molar-refractivity contribution in [2.24, 2.45) is 0 Å². The summed E-state index contributed by atoms with van der Waals surface area (Å²) in [6.07, 6.45) is -4.44. The predicted octanol–water partition coefficient (Wildman–Crippen LogP) is 4.80. The minimum Gasteiger partial charge on any atom is -0.341 e. The van der Waals surface area contributed by atoms with Crippen molar-refractivity contribution in [3.63, 3.8) is 0 Å². The number of hydrogen-bond donors (Lipinski definition) is 2. The molecule has 0 spiro atoms. The highest BCUT2D eigenvalue weighted by atomic mass is 32.1. The molecular weight excluding hydrogens is 413 g/mol. The number of thiophene rings is 1. The average molecular weight is 428 g/mol. The minimum atomic E-state index is -4.44. The monoisotopic (exact) mass is 428 g/mol. The van der Waals surface area contributed by atoms with Crippen molar-refractivity contribution < 1.29 is 22.8 Å². The van der Waals surface area contributed by atoms with Gasteiger partial charge in [0.15, 0.2) is 0 Å². The standard InChI is InChI=1S/C22H15F3N2O2S/c23-22(24,25)16-8-3-6-15(14-16)7-4-12-26-20(28)17-9-1-2-10-18(17)27-21(29)19-11-5-13-30-19/h1-3,5-6,8-11,13-14H,12H2,(H,26,28)(H,27,29). The third-order valence-electron chi connectivity index (χ3n) is 3.92. The van der Waals surface area contributed by atoms with Crippen LogP contribution in [0.15, 0.2) is 66.0 Å². The first-order valence-corrected chi connectivity index (χ1v) is 9.61. The summed E-state index contributed by atoms with van der Waals surface area (Å²) < 4.78 is 38.2. The van der Waals surface area contributed by atoms with Gasteiger partial charge in [-0.15, -0.1) is 11.3 Å². The molecule has 1 heterocycles. The number of carbonyl (C=O) groups is 2. The topological polar surface area (TPSA) is 58.2 Å². The number of carbonyl (C=O) groups excluding carboxylic acids is 2. The Kier molecular flexibility index (Phi) is 6.54. The molecule has 0 saturated carbocycles. The summed E-state index contributed by atoms with van der Waals surface area (Å²) in [5.74, 6) is 4.44. The van der Waals surface area contributed by atoms with E-state index in [-0.39, 0.29) is 23.6 Å². The van der Waals surface area contributed by atoms with E-state index in [1.807, 2.05) is 0 Å². The zero-order valence-corrected chi connectivity index (χ0v) is 16.2. The number of anilines is 1. The second-order valence-electron chi connectivity index (χ2n) is 6.04. The van der Waals surface area contributed by atoms with E-state index in [0.29, 0.717) is 10.6 Å². The number of benzene rings is 2. The quantitative estimate of drug-likeness (QED) is 0.587. The lowest BCUT2D eigenvalue weighted by Gasteiger charge is -2.09. The molecule has 30 heavy (non-hydrogen) atoms. The van der Waals surface area contributed by atoms with Gasteiger partial charge in [-0.3, -0.25) is 9.59 Å². The molecule has 0 radical (unpaired) electrons. The van der Waals surface area contributed by atoms with Gasteiger partial charge in [0.25, 0.3) is 11.8 Å². The molecule has 152 valence electrons. The van der Waals surface area contributed by atoms with Gasteiger partial charge in [-0.25, -0.2) is 0 Å². The smallest absolute Gasteiger partial charge is 0.341 e. The van der Waals surface area contributed by atoms with Gasteiger partial charge >= 0.3 is 6.18 Å². The Morgan fingerprint density at radius 3 is 2.50 bits per heavy atom. The van der Waals surface area contributed by atoms with Gasteiger partial charge in [0, 0.05) is 5.56 Å². The summed E-state index contributed by atoms with van der Waals surface area (Å²) in [4.78, 5) is 25.2. The van der Waals surface area contributed by atoms with E-state index in [1.165, 1.54) is 23.5 Å². The van der Waals surface area contributed by atoms with Crippen molar-refractivity contribution in [1.82, 2.24) is 5.32 Å². The maximum atomic E-state index is 12.7. The van der Waals surface area contributed by atoms with E-state index < -0.39 is 17.6 Å². The van der Waals surface area contributed by atoms with Crippen molar-refractivity contribution in [3.05, 3.63) is 87.6 Å². The van der Waals surface area contributed by atoms with Crippen LogP contribution in [0.1, 0.15) is 31.2 Å². The number of para-hydroxylation sites is 1. The first-order chi connectivity index (χ1) is 14.3. The van der Waals surface area contributed by atoms with Crippen LogP contribution in [0.25, 0.3) is 0 Å². The van der Waals surface area contributed by atoms with Crippen LogP contribution in [0.4, 0.5) is 18.9 Å². The Morgan fingerprint density at radius 2 is 1.77 bits per heavy atom. The minimum absolute atomic E-state index is 0.0672. The summed E-state index contributed by atoms with van der Waals surface area (Å²) in [6.45, 7) is -0.0672. The lowest BCUT2D eigenvalue weighted by molar-refractivity contribution is -0.137. The largest absolute Gasteiger partial charge is 0.416 e. The first kappa shape index (κ1) is 21.1. The predicted molar refractivity (Wildman–Crippen MR) is 109 cm³/mol. The van der Waals surface area contributed by atoms with Gasteiger partial charge in [0.1, 0.15) is 0 Å². The molecule has 4 nitrogen and oxygen atoms in total. The van der Waals surface area contributed by atoms with Crippen LogP contribution >= 0.6 is 11.3 Å². The van der Waals surface area contributed by atoms with Crippen molar-refractivity contribution in [1.29, 1.82) is 0 Å². The van der Waals surface area contributed by atoms with Crippen molar-refractivity contribution in [3.8, 4) is 11.8 Å². The van der Waals surface area contributed by atoms with E-state index in [0.717, 1.165) is 12.1 Å². The fourth-order valence-corrected chi connectivity index (χ4v) is 3.14. The number of rotatable bonds is 4. The number of nitrogens with one attached hydrogen (secondary N) is 2. The van der Waals surface area contributed by atoms with Crippen LogP contribution in [0.5, 0.6) is 0 Å². The van der Waals surface area contributed by atoms with E-state index in [2.05, 4.69) is 22.5 Å². The highest BCUT2D eigenvalue weighted by Crippen LogP contribution is 2.29. The summed E-state index contributed by atoms with van der Waals surface area (Å²) >= 11 is 1.28. The molecule has 0 aliphatic heterocycles. The molecule has 0 unspecified atom stereocenters. The lowest BCUT2D eigenvalue weighted by Crippen LogP contribution is -2.25. The molecule has 0 saturated heterocycles. The fourth-order valence-electron chi connectivity index (χ4n) is 2.52. The molecule has 0 bridgehead atoms. The van der Waals surface area contributed by atoms with Gasteiger partial charge < -0.3 is 10.6 Å². The Balaban J connectivity index is 1.64. The van der Waals surface area contributed by atoms with Gasteiger partial charge in [-0.1, -0.05) is 36.1 Å². The Bertz CT molecular complexity index is 1110. The first-order valence-electron chi connectivity index (χ1n) is 8.73. The average Bonchev–Trinajstić information content (AvgIpc) is 3.26. The molecule has 3 aromatic rings. The van der Waals surface area contributed by atoms with Gasteiger partial charge in [0.05, 0.1) is 28.2 Å². The van der Waals surface area contributed by atoms with Crippen LogP contribution < -0.4 is 10.6 Å². The molecule has 0 atom stereocenters. The Hall–Kier alpha value is -3.57. The maximum absolute atomic E-state index is 12.7. The van der Waals surface area contributed by atoms with Gasteiger partial charge in [-0.2, -0.15) is 13.2 Å². The highest BCUT2D eigenvalue weighted by molar-refractivity contribution is 7.12. The maximum Gasteiger partial charge on any atom is 0.416 e. The second kappa shape index (κ2) is 9.29. The van der Waals surface area contributed by atoms with Crippen molar-refractivity contribution >= 4 is 28.8 Å². The number of amides is 2. The molecule has 0 aliphatic carbocycles. The van der Waals surface area contributed by atoms with E-state index in [9.17, 15) is 22.8 Å². The molecule has 2 amide bonds. The molecule has 0 aliphatic rings. The number of hydrogen-bond acceptors (Lipinski definition) is 3. The van der Waals surface area contributed by atoms with Crippen LogP contribution in [0.3, 0.4) is 0 Å². The lowest BCUT2D eigenvalue weighted by atomic mass is 10.1. The number of halogens is 3. The Morgan fingerprint density at radius 1 is 0.967 bits per heavy atom. The molecular formula is C22H15F3N2O2S. The van der Waals surface area contributed by atoms with Gasteiger partial charge in [0.2, 0.25) is 0 Å². The second-order valence-corrected chi connectivity index (χ2v) is 6.99. The number of alkyl halides is 3. The normalized spacial score (nSPS) is 10.6. The summed E-state index contributed by atoms with van der Waals surface area (Å²) in [7, 11) is 0. The van der Waals surface area contributed by atoms with Crippen LogP contribution in [-0.2, 0) is 6.18 Å². The van der Waals surface area contributed by atoms with Crippen LogP contribution in [-0.4, -0.2) is 18.4 Å². The highest BCUT2D eigenvalue weighted by Gasteiger charge is 2.30. The molecule has 2 aromatic carbocycles. The SMILES string of the molecule is O=C(Nc1ccccc1C(=O)NCC#Cc1cccc(C(F)(F)F)c1)c1cccs1. The Labute approximate surface area is 174 Å². The van der Waals surface area contributed by atoms with Crippen LogP contribution in [0.2, 0.25) is 0 Å². The summed E-state index contributed by atoms with van der Waals surface area (Å²) in [5.41, 5.74) is 0.0129. The van der Waals surface area contributed by atoms with Crippen molar-refractivity contribution in [2.75, 3.05) is 11.9 Å². The van der Waals surface area contributed by atoms with Crippen molar-refractivity contribution in [2.45, 2.75) is 6.18 Å². The molecule has 8 heteroatoms.